The summed E-state index contributed by atoms with van der Waals surface area (Å²) in [6.07, 6.45) is 0. The Kier molecular flexibility index (Phi) is 3.84. The Labute approximate surface area is 109 Å². The lowest BCUT2D eigenvalue weighted by atomic mass is 10.2. The van der Waals surface area contributed by atoms with Crippen LogP contribution in [0.25, 0.3) is 0 Å². The Morgan fingerprint density at radius 3 is 2.50 bits per heavy atom. The second-order valence-electron chi connectivity index (χ2n) is 3.76. The SMILES string of the molecule is Cc1ccc(CN=Nc2ccc(C(=O)O)cc2)s1. The van der Waals surface area contributed by atoms with Crippen LogP contribution in [0, 0.1) is 6.92 Å². The molecule has 0 aliphatic heterocycles. The van der Waals surface area contributed by atoms with E-state index in [1.807, 2.05) is 6.07 Å². The molecule has 0 atom stereocenters. The minimum Gasteiger partial charge on any atom is -0.478 e. The molecule has 0 radical (unpaired) electrons. The maximum Gasteiger partial charge on any atom is 0.335 e. The maximum atomic E-state index is 10.7. The van der Waals surface area contributed by atoms with Crippen LogP contribution in [0.15, 0.2) is 46.6 Å². The van der Waals surface area contributed by atoms with Gasteiger partial charge in [0.2, 0.25) is 0 Å². The van der Waals surface area contributed by atoms with Crippen molar-refractivity contribution in [3.05, 3.63) is 51.7 Å². The molecule has 0 unspecified atom stereocenters. The molecule has 18 heavy (non-hydrogen) atoms. The number of hydrogen-bond donors (Lipinski definition) is 1. The van der Waals surface area contributed by atoms with Crippen LogP contribution in [0.2, 0.25) is 0 Å². The van der Waals surface area contributed by atoms with Gasteiger partial charge in [-0.05, 0) is 43.3 Å². The van der Waals surface area contributed by atoms with Crippen molar-refractivity contribution in [1.82, 2.24) is 0 Å². The van der Waals surface area contributed by atoms with Gasteiger partial charge < -0.3 is 5.11 Å². The second-order valence-corrected chi connectivity index (χ2v) is 5.14. The van der Waals surface area contributed by atoms with Crippen molar-refractivity contribution in [1.29, 1.82) is 0 Å². The van der Waals surface area contributed by atoms with Crippen molar-refractivity contribution in [2.24, 2.45) is 10.2 Å². The fourth-order valence-electron chi connectivity index (χ4n) is 1.43. The fourth-order valence-corrected chi connectivity index (χ4v) is 2.24. The molecule has 0 aliphatic carbocycles. The van der Waals surface area contributed by atoms with E-state index in [0.717, 1.165) is 0 Å². The van der Waals surface area contributed by atoms with Crippen LogP contribution in [-0.2, 0) is 6.54 Å². The summed E-state index contributed by atoms with van der Waals surface area (Å²) >= 11 is 1.70. The van der Waals surface area contributed by atoms with Crippen LogP contribution in [0.1, 0.15) is 20.1 Å². The van der Waals surface area contributed by atoms with Gasteiger partial charge in [-0.3, -0.25) is 0 Å². The third-order valence-electron chi connectivity index (χ3n) is 2.32. The number of benzene rings is 1. The minimum absolute atomic E-state index is 0.253. The number of carbonyl (C=O) groups is 1. The molecule has 0 aliphatic rings. The standard InChI is InChI=1S/C13H12N2O2S/c1-9-2-7-12(18-9)8-14-15-11-5-3-10(4-6-11)13(16)17/h2-7H,8H2,1H3,(H,16,17). The third-order valence-corrected chi connectivity index (χ3v) is 3.31. The summed E-state index contributed by atoms with van der Waals surface area (Å²) in [7, 11) is 0. The van der Waals surface area contributed by atoms with Gasteiger partial charge in [0.05, 0.1) is 17.8 Å². The van der Waals surface area contributed by atoms with E-state index in [0.29, 0.717) is 12.2 Å². The molecule has 1 aromatic heterocycles. The van der Waals surface area contributed by atoms with Crippen molar-refractivity contribution in [3.8, 4) is 0 Å². The van der Waals surface area contributed by atoms with Crippen LogP contribution in [-0.4, -0.2) is 11.1 Å². The van der Waals surface area contributed by atoms with Crippen LogP contribution in [0.4, 0.5) is 5.69 Å². The molecule has 5 heteroatoms. The van der Waals surface area contributed by atoms with Gasteiger partial charge in [0.15, 0.2) is 0 Å². The molecule has 2 aromatic rings. The molecule has 0 amide bonds. The zero-order valence-electron chi connectivity index (χ0n) is 9.83. The molecule has 4 nitrogen and oxygen atoms in total. The van der Waals surface area contributed by atoms with Crippen LogP contribution < -0.4 is 0 Å². The van der Waals surface area contributed by atoms with Gasteiger partial charge in [0.25, 0.3) is 0 Å². The summed E-state index contributed by atoms with van der Waals surface area (Å²) in [5.74, 6) is -0.937. The first-order valence-electron chi connectivity index (χ1n) is 5.41. The van der Waals surface area contributed by atoms with Gasteiger partial charge in [-0.15, -0.1) is 11.3 Å². The molecule has 1 N–H and O–H groups in total. The number of thiophene rings is 1. The van der Waals surface area contributed by atoms with Crippen LogP contribution in [0.3, 0.4) is 0 Å². The monoisotopic (exact) mass is 260 g/mol. The van der Waals surface area contributed by atoms with Crippen molar-refractivity contribution in [2.45, 2.75) is 13.5 Å². The van der Waals surface area contributed by atoms with Gasteiger partial charge in [-0.25, -0.2) is 4.79 Å². The zero-order valence-corrected chi connectivity index (χ0v) is 10.6. The second kappa shape index (κ2) is 5.55. The quantitative estimate of drug-likeness (QED) is 0.843. The van der Waals surface area contributed by atoms with Gasteiger partial charge >= 0.3 is 5.97 Å². The van der Waals surface area contributed by atoms with Crippen molar-refractivity contribution < 1.29 is 9.90 Å². The van der Waals surface area contributed by atoms with E-state index < -0.39 is 5.97 Å². The number of azo groups is 1. The molecule has 92 valence electrons. The third kappa shape index (κ3) is 3.24. The summed E-state index contributed by atoms with van der Waals surface area (Å²) in [5, 5.41) is 16.9. The molecular weight excluding hydrogens is 248 g/mol. The lowest BCUT2D eigenvalue weighted by molar-refractivity contribution is 0.0697. The van der Waals surface area contributed by atoms with Crippen molar-refractivity contribution in [3.63, 3.8) is 0 Å². The van der Waals surface area contributed by atoms with Crippen molar-refractivity contribution >= 4 is 23.0 Å². The highest BCUT2D eigenvalue weighted by Gasteiger charge is 2.00. The smallest absolute Gasteiger partial charge is 0.335 e. The lowest BCUT2D eigenvalue weighted by Gasteiger charge is -1.94. The largest absolute Gasteiger partial charge is 0.478 e. The molecule has 0 saturated carbocycles. The highest BCUT2D eigenvalue weighted by Crippen LogP contribution is 2.18. The Balaban J connectivity index is 1.98. The fraction of sp³-hybridized carbons (Fsp3) is 0.154. The first-order valence-corrected chi connectivity index (χ1v) is 6.23. The molecule has 0 spiro atoms. The number of carboxylic acid groups (broad SMARTS) is 1. The van der Waals surface area contributed by atoms with Crippen molar-refractivity contribution in [2.75, 3.05) is 0 Å². The minimum atomic E-state index is -0.937. The first kappa shape index (κ1) is 12.4. The normalized spacial score (nSPS) is 10.9. The summed E-state index contributed by atoms with van der Waals surface area (Å²) in [6, 6.07) is 10.4. The zero-order chi connectivity index (χ0) is 13.0. The van der Waals surface area contributed by atoms with E-state index in [-0.39, 0.29) is 5.56 Å². The van der Waals surface area contributed by atoms with Crippen LogP contribution in [0.5, 0.6) is 0 Å². The molecular formula is C13H12N2O2S. The number of carboxylic acids is 1. The maximum absolute atomic E-state index is 10.7. The molecule has 0 fully saturated rings. The topological polar surface area (TPSA) is 62.0 Å². The number of aromatic carboxylic acids is 1. The Morgan fingerprint density at radius 1 is 1.22 bits per heavy atom. The van der Waals surface area contributed by atoms with E-state index in [1.54, 1.807) is 23.5 Å². The van der Waals surface area contributed by atoms with E-state index in [1.165, 1.54) is 21.9 Å². The Hall–Kier alpha value is -2.01. The number of rotatable bonds is 4. The van der Waals surface area contributed by atoms with Gasteiger partial charge in [-0.1, -0.05) is 0 Å². The van der Waals surface area contributed by atoms with Gasteiger partial charge in [0, 0.05) is 9.75 Å². The average molecular weight is 260 g/mol. The molecule has 1 aromatic carbocycles. The molecule has 0 saturated heterocycles. The van der Waals surface area contributed by atoms with E-state index in [2.05, 4.69) is 23.2 Å². The summed E-state index contributed by atoms with van der Waals surface area (Å²) < 4.78 is 0. The number of hydrogen-bond acceptors (Lipinski definition) is 4. The van der Waals surface area contributed by atoms with Gasteiger partial charge in [-0.2, -0.15) is 10.2 Å². The number of nitrogens with zero attached hydrogens (tertiary/aromatic N) is 2. The highest BCUT2D eigenvalue weighted by molar-refractivity contribution is 7.11. The Bertz CT molecular complexity index is 573. The highest BCUT2D eigenvalue weighted by atomic mass is 32.1. The summed E-state index contributed by atoms with van der Waals surface area (Å²) in [5.41, 5.74) is 0.913. The van der Waals surface area contributed by atoms with E-state index >= 15 is 0 Å². The predicted molar refractivity (Wildman–Crippen MR) is 70.7 cm³/mol. The number of aryl methyl sites for hydroxylation is 1. The van der Waals surface area contributed by atoms with E-state index in [9.17, 15) is 4.79 Å². The Morgan fingerprint density at radius 2 is 1.94 bits per heavy atom. The van der Waals surface area contributed by atoms with E-state index in [4.69, 9.17) is 5.11 Å². The molecule has 1 heterocycles. The summed E-state index contributed by atoms with van der Waals surface area (Å²) in [6.45, 7) is 2.61. The molecule has 2 rings (SSSR count). The van der Waals surface area contributed by atoms with Gasteiger partial charge in [0.1, 0.15) is 0 Å². The van der Waals surface area contributed by atoms with Crippen LogP contribution >= 0.6 is 11.3 Å². The predicted octanol–water partition coefficient (Wildman–Crippen LogP) is 4.04. The lowest BCUT2D eigenvalue weighted by Crippen LogP contribution is -1.93. The molecule has 0 bridgehead atoms. The summed E-state index contributed by atoms with van der Waals surface area (Å²) in [4.78, 5) is 13.1. The average Bonchev–Trinajstić information content (AvgIpc) is 2.76. The first-order chi connectivity index (χ1) is 8.65.